The summed E-state index contributed by atoms with van der Waals surface area (Å²) in [6, 6.07) is 14.0. The van der Waals surface area contributed by atoms with Crippen LogP contribution in [0.25, 0.3) is 0 Å². The first-order valence-electron chi connectivity index (χ1n) is 7.48. The lowest BCUT2D eigenvalue weighted by atomic mass is 10.00. The van der Waals surface area contributed by atoms with Crippen LogP contribution in [0, 0.1) is 0 Å². The Bertz CT molecular complexity index is 708. The van der Waals surface area contributed by atoms with Gasteiger partial charge in [0.05, 0.1) is 6.61 Å². The van der Waals surface area contributed by atoms with Gasteiger partial charge in [-0.15, -0.1) is 0 Å². The van der Waals surface area contributed by atoms with Crippen molar-refractivity contribution in [2.45, 2.75) is 19.3 Å². The average molecular weight is 279 g/mol. The highest BCUT2D eigenvalue weighted by Crippen LogP contribution is 2.30. The number of carbonyl (C=O) groups is 1. The van der Waals surface area contributed by atoms with Crippen LogP contribution in [-0.4, -0.2) is 19.1 Å². The molecule has 2 aromatic carbocycles. The van der Waals surface area contributed by atoms with E-state index in [2.05, 4.69) is 6.07 Å². The second kappa shape index (κ2) is 4.92. The number of para-hydroxylation sites is 1. The average Bonchev–Trinajstić information content (AvgIpc) is 3.01. The van der Waals surface area contributed by atoms with Gasteiger partial charge in [0, 0.05) is 24.2 Å². The molecule has 4 rings (SSSR count). The molecule has 1 amide bonds. The Kier molecular flexibility index (Phi) is 2.92. The zero-order valence-corrected chi connectivity index (χ0v) is 11.8. The van der Waals surface area contributed by atoms with Crippen LogP contribution in [0.1, 0.15) is 27.9 Å². The molecule has 2 aliphatic heterocycles. The molecule has 21 heavy (non-hydrogen) atoms. The molecule has 3 nitrogen and oxygen atoms in total. The van der Waals surface area contributed by atoms with Crippen molar-refractivity contribution in [2.75, 3.05) is 18.1 Å². The number of anilines is 1. The number of nitrogens with zero attached hydrogens (tertiary/aromatic N) is 1. The van der Waals surface area contributed by atoms with Crippen molar-refractivity contribution in [2.24, 2.45) is 0 Å². The number of aryl methyl sites for hydroxylation is 1. The first-order chi connectivity index (χ1) is 10.3. The summed E-state index contributed by atoms with van der Waals surface area (Å²) >= 11 is 0. The molecule has 0 radical (unpaired) electrons. The second-order valence-corrected chi connectivity index (χ2v) is 5.61. The summed E-state index contributed by atoms with van der Waals surface area (Å²) in [5, 5.41) is 0. The van der Waals surface area contributed by atoms with E-state index in [1.807, 2.05) is 41.3 Å². The monoisotopic (exact) mass is 279 g/mol. The number of rotatable bonds is 1. The van der Waals surface area contributed by atoms with Crippen LogP contribution in [-0.2, 0) is 12.8 Å². The highest BCUT2D eigenvalue weighted by molar-refractivity contribution is 6.07. The number of benzene rings is 2. The predicted molar refractivity (Wildman–Crippen MR) is 82.1 cm³/mol. The Morgan fingerprint density at radius 3 is 2.90 bits per heavy atom. The fraction of sp³-hybridized carbons (Fsp3) is 0.278. The summed E-state index contributed by atoms with van der Waals surface area (Å²) in [6.07, 6.45) is 2.97. The normalized spacial score (nSPS) is 16.1. The lowest BCUT2D eigenvalue weighted by Crippen LogP contribution is -2.35. The van der Waals surface area contributed by atoms with Gasteiger partial charge in [-0.3, -0.25) is 4.79 Å². The van der Waals surface area contributed by atoms with Crippen LogP contribution in [0.3, 0.4) is 0 Å². The molecule has 0 N–H and O–H groups in total. The van der Waals surface area contributed by atoms with Crippen molar-refractivity contribution in [1.82, 2.24) is 0 Å². The van der Waals surface area contributed by atoms with E-state index in [9.17, 15) is 4.79 Å². The molecule has 2 aliphatic rings. The van der Waals surface area contributed by atoms with Crippen molar-refractivity contribution in [1.29, 1.82) is 0 Å². The van der Waals surface area contributed by atoms with E-state index < -0.39 is 0 Å². The lowest BCUT2D eigenvalue weighted by Gasteiger charge is -2.29. The van der Waals surface area contributed by atoms with Gasteiger partial charge in [-0.05, 0) is 48.2 Å². The third-order valence-electron chi connectivity index (χ3n) is 4.29. The van der Waals surface area contributed by atoms with Gasteiger partial charge >= 0.3 is 0 Å². The van der Waals surface area contributed by atoms with E-state index in [1.54, 1.807) is 0 Å². The first kappa shape index (κ1) is 12.5. The lowest BCUT2D eigenvalue weighted by molar-refractivity contribution is 0.0985. The summed E-state index contributed by atoms with van der Waals surface area (Å²) in [7, 11) is 0. The standard InChI is InChI=1S/C18H17NO2/c20-18(15-7-8-17-14(12-15)9-11-21-17)19-10-3-5-13-4-1-2-6-16(13)19/h1-2,4,6-8,12H,3,5,9-11H2. The number of hydrogen-bond acceptors (Lipinski definition) is 2. The SMILES string of the molecule is O=C(c1ccc2c(c1)CCO2)N1CCCc2ccccc21. The van der Waals surface area contributed by atoms with Crippen LogP contribution in [0.5, 0.6) is 5.75 Å². The molecule has 0 bridgehead atoms. The molecule has 0 saturated carbocycles. The van der Waals surface area contributed by atoms with Crippen LogP contribution in [0.4, 0.5) is 5.69 Å². The van der Waals surface area contributed by atoms with Gasteiger partial charge in [0.1, 0.15) is 5.75 Å². The molecule has 3 heteroatoms. The summed E-state index contributed by atoms with van der Waals surface area (Å²) < 4.78 is 5.51. The van der Waals surface area contributed by atoms with E-state index in [4.69, 9.17) is 4.74 Å². The first-order valence-corrected chi connectivity index (χ1v) is 7.48. The minimum absolute atomic E-state index is 0.0943. The van der Waals surface area contributed by atoms with Gasteiger partial charge < -0.3 is 9.64 Å². The molecule has 0 spiro atoms. The molecule has 0 atom stereocenters. The molecule has 0 aromatic heterocycles. The van der Waals surface area contributed by atoms with Crippen LogP contribution < -0.4 is 9.64 Å². The fourth-order valence-electron chi connectivity index (χ4n) is 3.22. The number of ether oxygens (including phenoxy) is 1. The molecular weight excluding hydrogens is 262 g/mol. The number of amides is 1. The Morgan fingerprint density at radius 1 is 1.05 bits per heavy atom. The number of fused-ring (bicyclic) bond motifs is 2. The molecule has 0 fully saturated rings. The van der Waals surface area contributed by atoms with E-state index in [1.165, 1.54) is 5.56 Å². The number of carbonyl (C=O) groups excluding carboxylic acids is 1. The zero-order chi connectivity index (χ0) is 14.2. The largest absolute Gasteiger partial charge is 0.493 e. The Labute approximate surface area is 124 Å². The minimum atomic E-state index is 0.0943. The molecule has 0 saturated heterocycles. The van der Waals surface area contributed by atoms with Gasteiger partial charge in [-0.25, -0.2) is 0 Å². The van der Waals surface area contributed by atoms with E-state index in [0.717, 1.165) is 55.0 Å². The predicted octanol–water partition coefficient (Wildman–Crippen LogP) is 3.21. The van der Waals surface area contributed by atoms with Crippen LogP contribution in [0.2, 0.25) is 0 Å². The van der Waals surface area contributed by atoms with Crippen molar-refractivity contribution in [3.05, 3.63) is 59.2 Å². The highest BCUT2D eigenvalue weighted by Gasteiger charge is 2.24. The Balaban J connectivity index is 1.70. The Morgan fingerprint density at radius 2 is 1.95 bits per heavy atom. The summed E-state index contributed by atoms with van der Waals surface area (Å²) in [5.74, 6) is 1.02. The van der Waals surface area contributed by atoms with Crippen LogP contribution in [0.15, 0.2) is 42.5 Å². The maximum absolute atomic E-state index is 12.8. The van der Waals surface area contributed by atoms with Gasteiger partial charge in [-0.2, -0.15) is 0 Å². The quantitative estimate of drug-likeness (QED) is 0.802. The van der Waals surface area contributed by atoms with Gasteiger partial charge in [0.15, 0.2) is 0 Å². The molecule has 2 heterocycles. The topological polar surface area (TPSA) is 29.5 Å². The van der Waals surface area contributed by atoms with Crippen molar-refractivity contribution in [3.8, 4) is 5.75 Å². The third kappa shape index (κ3) is 2.09. The van der Waals surface area contributed by atoms with E-state index in [0.29, 0.717) is 0 Å². The second-order valence-electron chi connectivity index (χ2n) is 5.61. The molecular formula is C18H17NO2. The summed E-state index contributed by atoms with van der Waals surface area (Å²) in [5.41, 5.74) is 4.23. The maximum atomic E-state index is 12.8. The van der Waals surface area contributed by atoms with E-state index >= 15 is 0 Å². The third-order valence-corrected chi connectivity index (χ3v) is 4.29. The van der Waals surface area contributed by atoms with Gasteiger partial charge in [0.25, 0.3) is 5.91 Å². The molecule has 106 valence electrons. The fourth-order valence-corrected chi connectivity index (χ4v) is 3.22. The summed E-state index contributed by atoms with van der Waals surface area (Å²) in [6.45, 7) is 1.52. The Hall–Kier alpha value is -2.29. The van der Waals surface area contributed by atoms with E-state index in [-0.39, 0.29) is 5.91 Å². The van der Waals surface area contributed by atoms with Crippen LogP contribution >= 0.6 is 0 Å². The molecule has 0 unspecified atom stereocenters. The minimum Gasteiger partial charge on any atom is -0.493 e. The zero-order valence-electron chi connectivity index (χ0n) is 11.8. The smallest absolute Gasteiger partial charge is 0.258 e. The van der Waals surface area contributed by atoms with Gasteiger partial charge in [0.2, 0.25) is 0 Å². The number of hydrogen-bond donors (Lipinski definition) is 0. The maximum Gasteiger partial charge on any atom is 0.258 e. The summed E-state index contributed by atoms with van der Waals surface area (Å²) in [4.78, 5) is 14.8. The molecule has 2 aromatic rings. The van der Waals surface area contributed by atoms with Crippen molar-refractivity contribution in [3.63, 3.8) is 0 Å². The van der Waals surface area contributed by atoms with Gasteiger partial charge in [-0.1, -0.05) is 18.2 Å². The molecule has 0 aliphatic carbocycles. The van der Waals surface area contributed by atoms with Crippen molar-refractivity contribution < 1.29 is 9.53 Å². The van der Waals surface area contributed by atoms with Crippen molar-refractivity contribution >= 4 is 11.6 Å². The highest BCUT2D eigenvalue weighted by atomic mass is 16.5.